The summed E-state index contributed by atoms with van der Waals surface area (Å²) in [5, 5.41) is 2.75. The van der Waals surface area contributed by atoms with Crippen LogP contribution in [-0.2, 0) is 10.0 Å². The monoisotopic (exact) mass is 390 g/mol. The van der Waals surface area contributed by atoms with Crippen LogP contribution in [0, 0.1) is 0 Å². The van der Waals surface area contributed by atoms with Gasteiger partial charge in [-0.1, -0.05) is 19.4 Å². The first-order chi connectivity index (χ1) is 12.9. The summed E-state index contributed by atoms with van der Waals surface area (Å²) in [4.78, 5) is 12.6. The van der Waals surface area contributed by atoms with Crippen molar-refractivity contribution in [3.05, 3.63) is 48.0 Å². The van der Waals surface area contributed by atoms with Crippen molar-refractivity contribution < 1.29 is 22.7 Å². The lowest BCUT2D eigenvalue weighted by molar-refractivity contribution is 0.102. The summed E-state index contributed by atoms with van der Waals surface area (Å²) < 4.78 is 37.2. The van der Waals surface area contributed by atoms with E-state index in [-0.39, 0.29) is 17.3 Å². The third kappa shape index (κ3) is 4.23. The molecule has 0 unspecified atom stereocenters. The molecule has 1 N–H and O–H groups in total. The molecule has 1 aliphatic rings. The lowest BCUT2D eigenvalue weighted by Crippen LogP contribution is -2.28. The van der Waals surface area contributed by atoms with Crippen molar-refractivity contribution in [2.45, 2.75) is 24.7 Å². The van der Waals surface area contributed by atoms with Crippen molar-refractivity contribution in [1.29, 1.82) is 0 Å². The third-order valence-corrected chi connectivity index (χ3v) is 6.11. The predicted octanol–water partition coefficient (Wildman–Crippen LogP) is 3.09. The molecular formula is C19H22N2O5S. The van der Waals surface area contributed by atoms with Crippen LogP contribution in [0.1, 0.15) is 30.1 Å². The molecule has 7 nitrogen and oxygen atoms in total. The number of rotatable bonds is 7. The molecular weight excluding hydrogens is 368 g/mol. The average molecular weight is 390 g/mol. The maximum absolute atomic E-state index is 12.7. The van der Waals surface area contributed by atoms with E-state index in [1.54, 1.807) is 37.4 Å². The first kappa shape index (κ1) is 19.2. The van der Waals surface area contributed by atoms with Crippen molar-refractivity contribution in [1.82, 2.24) is 4.31 Å². The number of nitrogens with zero attached hydrogens (tertiary/aromatic N) is 1. The minimum absolute atomic E-state index is 0.0967. The van der Waals surface area contributed by atoms with Gasteiger partial charge in [-0.3, -0.25) is 4.79 Å². The zero-order valence-electron chi connectivity index (χ0n) is 15.3. The van der Waals surface area contributed by atoms with Crippen molar-refractivity contribution in [2.24, 2.45) is 0 Å². The summed E-state index contributed by atoms with van der Waals surface area (Å²) in [7, 11) is -2.09. The number of carbonyl (C=O) groups is 1. The van der Waals surface area contributed by atoms with Gasteiger partial charge in [0.05, 0.1) is 4.90 Å². The standard InChI is InChI=1S/C19H22N2O5S/c1-3-4-10-21(2)27(23,24)16-7-5-6-14(11-16)19(22)20-15-8-9-17-18(12-15)26-13-25-17/h5-9,11-12H,3-4,10,13H2,1-2H3,(H,20,22). The van der Waals surface area contributed by atoms with Crippen LogP contribution in [0.2, 0.25) is 0 Å². The van der Waals surface area contributed by atoms with Crippen molar-refractivity contribution in [3.63, 3.8) is 0 Å². The molecule has 0 saturated heterocycles. The number of ether oxygens (including phenoxy) is 2. The highest BCUT2D eigenvalue weighted by molar-refractivity contribution is 7.89. The van der Waals surface area contributed by atoms with E-state index in [0.29, 0.717) is 23.7 Å². The van der Waals surface area contributed by atoms with Crippen LogP contribution in [-0.4, -0.2) is 39.0 Å². The number of benzene rings is 2. The molecule has 0 aliphatic carbocycles. The van der Waals surface area contributed by atoms with Gasteiger partial charge in [0.15, 0.2) is 11.5 Å². The number of carbonyl (C=O) groups excluding carboxylic acids is 1. The SMILES string of the molecule is CCCCN(C)S(=O)(=O)c1cccc(C(=O)Nc2ccc3c(c2)OCO3)c1. The van der Waals surface area contributed by atoms with E-state index in [0.717, 1.165) is 12.8 Å². The Morgan fingerprint density at radius 1 is 1.15 bits per heavy atom. The Bertz CT molecular complexity index is 943. The fraction of sp³-hybridized carbons (Fsp3) is 0.316. The van der Waals surface area contributed by atoms with Crippen LogP contribution in [0.25, 0.3) is 0 Å². The van der Waals surface area contributed by atoms with E-state index in [2.05, 4.69) is 5.32 Å². The van der Waals surface area contributed by atoms with Crippen LogP contribution >= 0.6 is 0 Å². The molecule has 0 saturated carbocycles. The largest absolute Gasteiger partial charge is 0.454 e. The van der Waals surface area contributed by atoms with Gasteiger partial charge in [0.25, 0.3) is 5.91 Å². The fourth-order valence-corrected chi connectivity index (χ4v) is 3.91. The lowest BCUT2D eigenvalue weighted by Gasteiger charge is -2.17. The summed E-state index contributed by atoms with van der Waals surface area (Å²) in [6.45, 7) is 2.59. The van der Waals surface area contributed by atoms with Gasteiger partial charge in [-0.2, -0.15) is 0 Å². The second kappa shape index (κ2) is 7.98. The quantitative estimate of drug-likeness (QED) is 0.785. The predicted molar refractivity (Wildman–Crippen MR) is 102 cm³/mol. The number of amides is 1. The molecule has 27 heavy (non-hydrogen) atoms. The third-order valence-electron chi connectivity index (χ3n) is 4.26. The van der Waals surface area contributed by atoms with Crippen molar-refractivity contribution in [3.8, 4) is 11.5 Å². The van der Waals surface area contributed by atoms with Crippen molar-refractivity contribution >= 4 is 21.6 Å². The highest BCUT2D eigenvalue weighted by Crippen LogP contribution is 2.34. The molecule has 2 aromatic carbocycles. The topological polar surface area (TPSA) is 84.9 Å². The molecule has 0 aromatic heterocycles. The van der Waals surface area contributed by atoms with Gasteiger partial charge in [-0.05, 0) is 36.8 Å². The Morgan fingerprint density at radius 2 is 1.93 bits per heavy atom. The molecule has 1 heterocycles. The number of anilines is 1. The Morgan fingerprint density at radius 3 is 2.70 bits per heavy atom. The molecule has 1 aliphatic heterocycles. The zero-order valence-corrected chi connectivity index (χ0v) is 16.1. The van der Waals surface area contributed by atoms with Crippen molar-refractivity contribution in [2.75, 3.05) is 25.7 Å². The highest BCUT2D eigenvalue weighted by atomic mass is 32.2. The van der Waals surface area contributed by atoms with Gasteiger partial charge in [0.1, 0.15) is 0 Å². The first-order valence-electron chi connectivity index (χ1n) is 8.69. The van der Waals surface area contributed by atoms with E-state index < -0.39 is 15.9 Å². The average Bonchev–Trinajstić information content (AvgIpc) is 3.13. The number of unbranched alkanes of at least 4 members (excludes halogenated alkanes) is 1. The maximum atomic E-state index is 12.7. The van der Waals surface area contributed by atoms with E-state index in [1.807, 2.05) is 6.92 Å². The normalized spacial score (nSPS) is 13.0. The van der Waals surface area contributed by atoms with Gasteiger partial charge in [0.2, 0.25) is 16.8 Å². The Labute approximate surface area is 158 Å². The van der Waals surface area contributed by atoms with Crippen LogP contribution in [0.4, 0.5) is 5.69 Å². The minimum atomic E-state index is -3.63. The number of hydrogen-bond donors (Lipinski definition) is 1. The summed E-state index contributed by atoms with van der Waals surface area (Å²) in [6, 6.07) is 11.1. The molecule has 0 fully saturated rings. The van der Waals surface area contributed by atoms with E-state index in [1.165, 1.54) is 16.4 Å². The summed E-state index contributed by atoms with van der Waals surface area (Å²) >= 11 is 0. The van der Waals surface area contributed by atoms with Gasteiger partial charge in [-0.25, -0.2) is 12.7 Å². The van der Waals surface area contributed by atoms with Gasteiger partial charge in [-0.15, -0.1) is 0 Å². The van der Waals surface area contributed by atoms with Crippen LogP contribution < -0.4 is 14.8 Å². The van der Waals surface area contributed by atoms with Crippen LogP contribution in [0.5, 0.6) is 11.5 Å². The Kier molecular flexibility index (Phi) is 5.67. The molecule has 144 valence electrons. The minimum Gasteiger partial charge on any atom is -0.454 e. The van der Waals surface area contributed by atoms with E-state index in [9.17, 15) is 13.2 Å². The van der Waals surface area contributed by atoms with Crippen LogP contribution in [0.3, 0.4) is 0 Å². The smallest absolute Gasteiger partial charge is 0.255 e. The van der Waals surface area contributed by atoms with Gasteiger partial charge >= 0.3 is 0 Å². The second-order valence-electron chi connectivity index (χ2n) is 6.23. The summed E-state index contributed by atoms with van der Waals surface area (Å²) in [5.41, 5.74) is 0.801. The number of hydrogen-bond acceptors (Lipinski definition) is 5. The Balaban J connectivity index is 1.77. The molecule has 2 aromatic rings. The fourth-order valence-electron chi connectivity index (χ4n) is 2.66. The summed E-state index contributed by atoms with van der Waals surface area (Å²) in [6.07, 6.45) is 1.68. The second-order valence-corrected chi connectivity index (χ2v) is 8.28. The number of sulfonamides is 1. The number of fused-ring (bicyclic) bond motifs is 1. The first-order valence-corrected chi connectivity index (χ1v) is 10.1. The van der Waals surface area contributed by atoms with E-state index in [4.69, 9.17) is 9.47 Å². The molecule has 0 bridgehead atoms. The highest BCUT2D eigenvalue weighted by Gasteiger charge is 2.21. The van der Waals surface area contributed by atoms with Gasteiger partial charge in [0, 0.05) is 30.9 Å². The lowest BCUT2D eigenvalue weighted by atomic mass is 10.2. The number of nitrogens with one attached hydrogen (secondary N) is 1. The molecule has 1 amide bonds. The Hall–Kier alpha value is -2.58. The molecule has 8 heteroatoms. The molecule has 0 spiro atoms. The zero-order chi connectivity index (χ0) is 19.4. The maximum Gasteiger partial charge on any atom is 0.255 e. The molecule has 0 radical (unpaired) electrons. The van der Waals surface area contributed by atoms with Crippen LogP contribution in [0.15, 0.2) is 47.4 Å². The molecule has 0 atom stereocenters. The molecule has 3 rings (SSSR count). The van der Waals surface area contributed by atoms with Gasteiger partial charge < -0.3 is 14.8 Å². The van der Waals surface area contributed by atoms with E-state index >= 15 is 0 Å². The summed E-state index contributed by atoms with van der Waals surface area (Å²) in [5.74, 6) is 0.778.